The van der Waals surface area contributed by atoms with Gasteiger partial charge in [-0.2, -0.15) is 0 Å². The summed E-state index contributed by atoms with van der Waals surface area (Å²) in [6.07, 6.45) is 3.50. The third-order valence-electron chi connectivity index (χ3n) is 4.41. The Morgan fingerprint density at radius 2 is 2.20 bits per heavy atom. The van der Waals surface area contributed by atoms with E-state index >= 15 is 0 Å². The molecule has 0 bridgehead atoms. The van der Waals surface area contributed by atoms with E-state index in [0.29, 0.717) is 13.0 Å². The van der Waals surface area contributed by atoms with Crippen molar-refractivity contribution < 1.29 is 14.4 Å². The van der Waals surface area contributed by atoms with E-state index in [1.54, 1.807) is 11.9 Å². The number of nitrogens with zero attached hydrogens (tertiary/aromatic N) is 2. The average molecular weight is 280 g/mol. The number of nitrogens with one attached hydrogen (secondary N) is 2. The number of carbonyl (C=O) groups is 3. The maximum absolute atomic E-state index is 12.5. The van der Waals surface area contributed by atoms with Crippen LogP contribution in [0.15, 0.2) is 0 Å². The van der Waals surface area contributed by atoms with E-state index in [4.69, 9.17) is 0 Å². The summed E-state index contributed by atoms with van der Waals surface area (Å²) in [4.78, 5) is 39.3. The number of amides is 4. The number of imide groups is 1. The highest BCUT2D eigenvalue weighted by Crippen LogP contribution is 2.27. The van der Waals surface area contributed by atoms with Gasteiger partial charge in [-0.05, 0) is 32.2 Å². The predicted octanol–water partition coefficient (Wildman–Crippen LogP) is -0.719. The second-order valence-corrected chi connectivity index (χ2v) is 5.92. The van der Waals surface area contributed by atoms with Crippen LogP contribution >= 0.6 is 0 Å². The first-order valence-electron chi connectivity index (χ1n) is 7.14. The molecular formula is C13H20N4O3. The monoisotopic (exact) mass is 280 g/mol. The topological polar surface area (TPSA) is 81.8 Å². The maximum atomic E-state index is 12.5. The van der Waals surface area contributed by atoms with Crippen LogP contribution in [0.1, 0.15) is 25.7 Å². The van der Waals surface area contributed by atoms with Crippen LogP contribution < -0.4 is 10.6 Å². The number of hydrogen-bond donors (Lipinski definition) is 2. The summed E-state index contributed by atoms with van der Waals surface area (Å²) < 4.78 is 0. The molecule has 2 N–H and O–H groups in total. The van der Waals surface area contributed by atoms with Crippen LogP contribution in [0, 0.1) is 0 Å². The maximum Gasteiger partial charge on any atom is 0.325 e. The molecule has 3 rings (SSSR count). The number of piperidine rings is 1. The first kappa shape index (κ1) is 13.4. The first-order chi connectivity index (χ1) is 9.53. The van der Waals surface area contributed by atoms with Gasteiger partial charge in [-0.15, -0.1) is 0 Å². The molecule has 0 aromatic rings. The molecule has 1 spiro atoms. The van der Waals surface area contributed by atoms with Gasteiger partial charge in [0.15, 0.2) is 0 Å². The van der Waals surface area contributed by atoms with Crippen LogP contribution in [0.3, 0.4) is 0 Å². The summed E-state index contributed by atoms with van der Waals surface area (Å²) in [6.45, 7) is 1.15. The van der Waals surface area contributed by atoms with Gasteiger partial charge in [0, 0.05) is 19.6 Å². The Morgan fingerprint density at radius 1 is 1.45 bits per heavy atom. The fourth-order valence-corrected chi connectivity index (χ4v) is 2.93. The van der Waals surface area contributed by atoms with Crippen molar-refractivity contribution in [1.29, 1.82) is 0 Å². The number of carbonyl (C=O) groups excluding carboxylic acids is 3. The second kappa shape index (κ2) is 4.73. The van der Waals surface area contributed by atoms with Gasteiger partial charge in [0.1, 0.15) is 12.1 Å². The van der Waals surface area contributed by atoms with E-state index < -0.39 is 11.6 Å². The van der Waals surface area contributed by atoms with E-state index in [0.717, 1.165) is 30.7 Å². The van der Waals surface area contributed by atoms with Crippen molar-refractivity contribution in [2.24, 2.45) is 0 Å². The third kappa shape index (κ3) is 2.15. The molecule has 3 aliphatic rings. The lowest BCUT2D eigenvalue weighted by molar-refractivity contribution is -0.138. The van der Waals surface area contributed by atoms with Gasteiger partial charge in [-0.3, -0.25) is 14.5 Å². The molecule has 110 valence electrons. The lowest BCUT2D eigenvalue weighted by atomic mass is 9.90. The van der Waals surface area contributed by atoms with Gasteiger partial charge in [-0.1, -0.05) is 0 Å². The summed E-state index contributed by atoms with van der Waals surface area (Å²) in [6, 6.07) is -0.162. The molecule has 1 saturated carbocycles. The Labute approximate surface area is 117 Å². The van der Waals surface area contributed by atoms with Gasteiger partial charge < -0.3 is 15.5 Å². The van der Waals surface area contributed by atoms with Crippen LogP contribution in [0.2, 0.25) is 0 Å². The molecule has 2 saturated heterocycles. The number of hydrogen-bond acceptors (Lipinski definition) is 4. The Morgan fingerprint density at radius 3 is 2.80 bits per heavy atom. The van der Waals surface area contributed by atoms with Gasteiger partial charge in [-0.25, -0.2) is 4.79 Å². The quantitative estimate of drug-likeness (QED) is 0.669. The van der Waals surface area contributed by atoms with Crippen LogP contribution in [-0.4, -0.2) is 65.9 Å². The summed E-state index contributed by atoms with van der Waals surface area (Å²) in [5.41, 5.74) is -0.840. The molecule has 2 heterocycles. The van der Waals surface area contributed by atoms with Crippen molar-refractivity contribution in [2.45, 2.75) is 37.3 Å². The highest BCUT2D eigenvalue weighted by atomic mass is 16.2. The molecular weight excluding hydrogens is 260 g/mol. The molecule has 3 fully saturated rings. The first-order valence-corrected chi connectivity index (χ1v) is 7.14. The molecule has 0 radical (unpaired) electrons. The van der Waals surface area contributed by atoms with Crippen molar-refractivity contribution in [3.63, 3.8) is 0 Å². The summed E-state index contributed by atoms with van der Waals surface area (Å²) in [5.74, 6) is -0.441. The van der Waals surface area contributed by atoms with Crippen molar-refractivity contribution in [2.75, 3.05) is 26.7 Å². The summed E-state index contributed by atoms with van der Waals surface area (Å²) in [5, 5.41) is 5.90. The van der Waals surface area contributed by atoms with Crippen LogP contribution in [-0.2, 0) is 9.59 Å². The zero-order valence-corrected chi connectivity index (χ0v) is 11.6. The Hall–Kier alpha value is -1.63. The molecule has 7 heteroatoms. The standard InChI is InChI=1S/C13H20N4O3/c1-16(9-3-4-9)10(18)7-17-11(19)13(15-12(17)20)5-2-6-14-8-13/h9,14H,2-8H2,1H3,(H,15,20). The minimum Gasteiger partial charge on any atom is -0.341 e. The number of urea groups is 1. The van der Waals surface area contributed by atoms with Crippen molar-refractivity contribution in [3.8, 4) is 0 Å². The summed E-state index contributed by atoms with van der Waals surface area (Å²) >= 11 is 0. The molecule has 1 unspecified atom stereocenters. The molecule has 1 aliphatic carbocycles. The molecule has 0 aromatic heterocycles. The number of likely N-dealkylation sites (N-methyl/N-ethyl adjacent to an activating group) is 1. The smallest absolute Gasteiger partial charge is 0.325 e. The zero-order chi connectivity index (χ0) is 14.3. The van der Waals surface area contributed by atoms with Crippen LogP contribution in [0.5, 0.6) is 0 Å². The van der Waals surface area contributed by atoms with E-state index in [-0.39, 0.29) is 24.4 Å². The Bertz CT molecular complexity index is 455. The van der Waals surface area contributed by atoms with Crippen molar-refractivity contribution in [1.82, 2.24) is 20.4 Å². The third-order valence-corrected chi connectivity index (χ3v) is 4.41. The van der Waals surface area contributed by atoms with Crippen molar-refractivity contribution in [3.05, 3.63) is 0 Å². The Kier molecular flexibility index (Phi) is 3.16. The molecule has 7 nitrogen and oxygen atoms in total. The van der Waals surface area contributed by atoms with Crippen LogP contribution in [0.25, 0.3) is 0 Å². The predicted molar refractivity (Wildman–Crippen MR) is 70.9 cm³/mol. The lowest BCUT2D eigenvalue weighted by Gasteiger charge is -2.31. The lowest BCUT2D eigenvalue weighted by Crippen LogP contribution is -2.57. The van der Waals surface area contributed by atoms with Gasteiger partial charge >= 0.3 is 6.03 Å². The van der Waals surface area contributed by atoms with Crippen molar-refractivity contribution >= 4 is 17.8 Å². The minimum atomic E-state index is -0.840. The summed E-state index contributed by atoms with van der Waals surface area (Å²) in [7, 11) is 1.73. The van der Waals surface area contributed by atoms with E-state index in [1.165, 1.54) is 0 Å². The normalized spacial score (nSPS) is 29.8. The number of rotatable bonds is 3. The molecule has 20 heavy (non-hydrogen) atoms. The highest BCUT2D eigenvalue weighted by molar-refractivity contribution is 6.09. The second-order valence-electron chi connectivity index (χ2n) is 5.92. The fraction of sp³-hybridized carbons (Fsp3) is 0.769. The largest absolute Gasteiger partial charge is 0.341 e. The van der Waals surface area contributed by atoms with Gasteiger partial charge in [0.2, 0.25) is 5.91 Å². The molecule has 4 amide bonds. The van der Waals surface area contributed by atoms with E-state index in [1.807, 2.05) is 0 Å². The fourth-order valence-electron chi connectivity index (χ4n) is 2.93. The van der Waals surface area contributed by atoms with Gasteiger partial charge in [0.05, 0.1) is 0 Å². The molecule has 2 aliphatic heterocycles. The van der Waals surface area contributed by atoms with Crippen LogP contribution in [0.4, 0.5) is 4.79 Å². The van der Waals surface area contributed by atoms with E-state index in [2.05, 4.69) is 10.6 Å². The SMILES string of the molecule is CN(C(=O)CN1C(=O)NC2(CCCNC2)C1=O)C1CC1. The highest BCUT2D eigenvalue weighted by Gasteiger charge is 2.52. The molecule has 0 aromatic carbocycles. The zero-order valence-electron chi connectivity index (χ0n) is 11.6. The van der Waals surface area contributed by atoms with E-state index in [9.17, 15) is 14.4 Å². The average Bonchev–Trinajstić information content (AvgIpc) is 3.25. The Balaban J connectivity index is 1.68. The molecule has 1 atom stereocenters. The van der Waals surface area contributed by atoms with Gasteiger partial charge in [0.25, 0.3) is 5.91 Å². The minimum absolute atomic E-state index is 0.153.